The van der Waals surface area contributed by atoms with Crippen molar-refractivity contribution in [3.63, 3.8) is 0 Å². The monoisotopic (exact) mass is 417 g/mol. The van der Waals surface area contributed by atoms with Crippen LogP contribution in [0, 0.1) is 6.92 Å². The van der Waals surface area contributed by atoms with Gasteiger partial charge in [-0.3, -0.25) is 0 Å². The maximum Gasteiger partial charge on any atom is 0.119 e. The number of nitrogens with one attached hydrogen (secondary N) is 1. The molecule has 0 heterocycles. The van der Waals surface area contributed by atoms with Crippen LogP contribution in [0.25, 0.3) is 0 Å². The van der Waals surface area contributed by atoms with E-state index in [0.717, 1.165) is 24.5 Å². The molecular formula is C28H35NO2. The van der Waals surface area contributed by atoms with Crippen LogP contribution in [0.2, 0.25) is 0 Å². The topological polar surface area (TPSA) is 30.5 Å². The third kappa shape index (κ3) is 6.60. The Labute approximate surface area is 187 Å². The van der Waals surface area contributed by atoms with Crippen LogP contribution in [0.3, 0.4) is 0 Å². The number of hydrogen-bond donors (Lipinski definition) is 1. The lowest BCUT2D eigenvalue weighted by atomic mass is 9.88. The molecule has 0 aromatic heterocycles. The second-order valence-corrected chi connectivity index (χ2v) is 8.44. The summed E-state index contributed by atoms with van der Waals surface area (Å²) in [5, 5.41) is 3.69. The standard InChI is InChI=1S/C28H35NO2/c1-20(2)31-27-16-12-25(13-17-27)28(24-8-6-21(3)7-9-24)18-19-29-22(4)23-10-14-26(30-5)15-11-23/h6-17,20,22,28-29H,18-19H2,1-5H3. The Kier molecular flexibility index (Phi) is 8.13. The fraction of sp³-hybridized carbons (Fsp3) is 0.357. The van der Waals surface area contributed by atoms with Crippen molar-refractivity contribution in [2.24, 2.45) is 0 Å². The predicted octanol–water partition coefficient (Wildman–Crippen LogP) is 6.66. The summed E-state index contributed by atoms with van der Waals surface area (Å²) in [7, 11) is 1.70. The van der Waals surface area contributed by atoms with Crippen LogP contribution < -0.4 is 14.8 Å². The van der Waals surface area contributed by atoms with E-state index in [4.69, 9.17) is 9.47 Å². The van der Waals surface area contributed by atoms with Crippen LogP contribution in [-0.2, 0) is 0 Å². The first-order chi connectivity index (χ1) is 15.0. The van der Waals surface area contributed by atoms with E-state index in [9.17, 15) is 0 Å². The number of benzene rings is 3. The zero-order valence-electron chi connectivity index (χ0n) is 19.4. The summed E-state index contributed by atoms with van der Waals surface area (Å²) in [6, 6.07) is 26.1. The van der Waals surface area contributed by atoms with Crippen LogP contribution in [-0.4, -0.2) is 19.8 Å². The number of methoxy groups -OCH3 is 1. The van der Waals surface area contributed by atoms with E-state index in [1.54, 1.807) is 7.11 Å². The van der Waals surface area contributed by atoms with Gasteiger partial charge in [0.05, 0.1) is 13.2 Å². The molecule has 164 valence electrons. The summed E-state index contributed by atoms with van der Waals surface area (Å²) in [4.78, 5) is 0. The molecule has 31 heavy (non-hydrogen) atoms. The largest absolute Gasteiger partial charge is 0.497 e. The lowest BCUT2D eigenvalue weighted by Crippen LogP contribution is -2.22. The highest BCUT2D eigenvalue weighted by atomic mass is 16.5. The van der Waals surface area contributed by atoms with Gasteiger partial charge in [-0.1, -0.05) is 54.1 Å². The maximum atomic E-state index is 5.83. The van der Waals surface area contributed by atoms with E-state index >= 15 is 0 Å². The third-order valence-corrected chi connectivity index (χ3v) is 5.63. The van der Waals surface area contributed by atoms with Crippen molar-refractivity contribution in [3.05, 3.63) is 95.1 Å². The van der Waals surface area contributed by atoms with Gasteiger partial charge in [-0.05, 0) is 81.6 Å². The van der Waals surface area contributed by atoms with Crippen molar-refractivity contribution in [2.45, 2.75) is 52.2 Å². The van der Waals surface area contributed by atoms with Gasteiger partial charge in [-0.2, -0.15) is 0 Å². The minimum absolute atomic E-state index is 0.183. The van der Waals surface area contributed by atoms with Crippen molar-refractivity contribution in [2.75, 3.05) is 13.7 Å². The molecule has 3 heteroatoms. The Morgan fingerprint density at radius 2 is 1.23 bits per heavy atom. The second kappa shape index (κ2) is 11.0. The van der Waals surface area contributed by atoms with Gasteiger partial charge < -0.3 is 14.8 Å². The van der Waals surface area contributed by atoms with E-state index in [1.807, 2.05) is 12.1 Å². The second-order valence-electron chi connectivity index (χ2n) is 8.44. The van der Waals surface area contributed by atoms with Gasteiger partial charge in [0.1, 0.15) is 11.5 Å². The van der Waals surface area contributed by atoms with Gasteiger partial charge in [0.2, 0.25) is 0 Å². The van der Waals surface area contributed by atoms with Crippen molar-refractivity contribution in [1.29, 1.82) is 0 Å². The first kappa shape index (κ1) is 22.9. The normalized spacial score (nSPS) is 13.1. The van der Waals surface area contributed by atoms with Crippen LogP contribution in [0.5, 0.6) is 11.5 Å². The lowest BCUT2D eigenvalue weighted by molar-refractivity contribution is 0.242. The smallest absolute Gasteiger partial charge is 0.119 e. The van der Waals surface area contributed by atoms with Gasteiger partial charge in [0, 0.05) is 12.0 Å². The highest BCUT2D eigenvalue weighted by Crippen LogP contribution is 2.30. The summed E-state index contributed by atoms with van der Waals surface area (Å²) in [5.74, 6) is 2.15. The molecule has 0 aliphatic carbocycles. The number of hydrogen-bond acceptors (Lipinski definition) is 3. The summed E-state index contributed by atoms with van der Waals surface area (Å²) < 4.78 is 11.1. The van der Waals surface area contributed by atoms with Gasteiger partial charge in [-0.15, -0.1) is 0 Å². The molecule has 0 aliphatic heterocycles. The van der Waals surface area contributed by atoms with Gasteiger partial charge in [0.15, 0.2) is 0 Å². The first-order valence-corrected chi connectivity index (χ1v) is 11.2. The molecule has 2 atom stereocenters. The Bertz CT molecular complexity index is 915. The molecule has 0 spiro atoms. The van der Waals surface area contributed by atoms with Crippen molar-refractivity contribution < 1.29 is 9.47 Å². The van der Waals surface area contributed by atoms with E-state index < -0.39 is 0 Å². The Hall–Kier alpha value is -2.78. The molecule has 0 radical (unpaired) electrons. The Morgan fingerprint density at radius 1 is 0.710 bits per heavy atom. The summed E-state index contributed by atoms with van der Waals surface area (Å²) in [6.45, 7) is 9.38. The average molecular weight is 418 g/mol. The average Bonchev–Trinajstić information content (AvgIpc) is 2.78. The van der Waals surface area contributed by atoms with E-state index in [0.29, 0.717) is 5.92 Å². The summed E-state index contributed by atoms with van der Waals surface area (Å²) >= 11 is 0. The van der Waals surface area contributed by atoms with E-state index in [2.05, 4.69) is 93.7 Å². The van der Waals surface area contributed by atoms with Crippen LogP contribution >= 0.6 is 0 Å². The molecule has 0 fully saturated rings. The van der Waals surface area contributed by atoms with Gasteiger partial charge >= 0.3 is 0 Å². The maximum absolute atomic E-state index is 5.83. The minimum atomic E-state index is 0.183. The molecule has 0 saturated carbocycles. The van der Waals surface area contributed by atoms with Crippen LogP contribution in [0.4, 0.5) is 0 Å². The third-order valence-electron chi connectivity index (χ3n) is 5.63. The lowest BCUT2D eigenvalue weighted by Gasteiger charge is -2.21. The molecule has 0 bridgehead atoms. The fourth-order valence-electron chi connectivity index (χ4n) is 3.83. The van der Waals surface area contributed by atoms with Crippen LogP contribution in [0.1, 0.15) is 61.4 Å². The Balaban J connectivity index is 1.70. The minimum Gasteiger partial charge on any atom is -0.497 e. The summed E-state index contributed by atoms with van der Waals surface area (Å²) in [6.07, 6.45) is 1.20. The molecular weight excluding hydrogens is 382 g/mol. The highest BCUT2D eigenvalue weighted by molar-refractivity contribution is 5.37. The summed E-state index contributed by atoms with van der Waals surface area (Å²) in [5.41, 5.74) is 5.22. The van der Waals surface area contributed by atoms with E-state index in [-0.39, 0.29) is 12.1 Å². The number of rotatable bonds is 10. The zero-order valence-corrected chi connectivity index (χ0v) is 19.4. The zero-order chi connectivity index (χ0) is 22.2. The first-order valence-electron chi connectivity index (χ1n) is 11.2. The quantitative estimate of drug-likeness (QED) is 0.400. The molecule has 0 aliphatic rings. The molecule has 3 aromatic rings. The van der Waals surface area contributed by atoms with Gasteiger partial charge in [-0.25, -0.2) is 0 Å². The number of aryl methyl sites for hydroxylation is 1. The van der Waals surface area contributed by atoms with Crippen molar-refractivity contribution in [1.82, 2.24) is 5.32 Å². The molecule has 1 N–H and O–H groups in total. The van der Waals surface area contributed by atoms with Gasteiger partial charge in [0.25, 0.3) is 0 Å². The highest BCUT2D eigenvalue weighted by Gasteiger charge is 2.15. The molecule has 2 unspecified atom stereocenters. The fourth-order valence-corrected chi connectivity index (χ4v) is 3.83. The molecule has 0 saturated heterocycles. The van der Waals surface area contributed by atoms with Crippen LogP contribution in [0.15, 0.2) is 72.8 Å². The van der Waals surface area contributed by atoms with Crippen molar-refractivity contribution >= 4 is 0 Å². The SMILES string of the molecule is COc1ccc(C(C)NCCC(c2ccc(C)cc2)c2ccc(OC(C)C)cc2)cc1. The van der Waals surface area contributed by atoms with E-state index in [1.165, 1.54) is 22.3 Å². The molecule has 3 rings (SSSR count). The Morgan fingerprint density at radius 3 is 1.77 bits per heavy atom. The van der Waals surface area contributed by atoms with Crippen molar-refractivity contribution in [3.8, 4) is 11.5 Å². The predicted molar refractivity (Wildman–Crippen MR) is 129 cm³/mol. The molecule has 3 nitrogen and oxygen atoms in total. The molecule has 0 amide bonds. The molecule has 3 aromatic carbocycles. The number of ether oxygens (including phenoxy) is 2.